The molecule has 0 fully saturated rings. The molecular formula is C23H30ClN3O2S2. The van der Waals surface area contributed by atoms with E-state index < -0.39 is 0 Å². The van der Waals surface area contributed by atoms with E-state index >= 15 is 0 Å². The van der Waals surface area contributed by atoms with Crippen LogP contribution in [0.2, 0.25) is 0 Å². The highest BCUT2D eigenvalue weighted by Gasteiger charge is 2.21. The summed E-state index contributed by atoms with van der Waals surface area (Å²) in [6.45, 7) is 7.70. The van der Waals surface area contributed by atoms with Crippen LogP contribution in [0.5, 0.6) is 5.75 Å². The van der Waals surface area contributed by atoms with Gasteiger partial charge >= 0.3 is 0 Å². The van der Waals surface area contributed by atoms with Crippen molar-refractivity contribution in [2.45, 2.75) is 25.2 Å². The van der Waals surface area contributed by atoms with Gasteiger partial charge < -0.3 is 9.64 Å². The third-order valence-electron chi connectivity index (χ3n) is 4.98. The van der Waals surface area contributed by atoms with Crippen molar-refractivity contribution in [3.63, 3.8) is 0 Å². The van der Waals surface area contributed by atoms with E-state index in [2.05, 4.69) is 30.9 Å². The molecule has 1 heterocycles. The zero-order valence-corrected chi connectivity index (χ0v) is 20.7. The molecule has 0 N–H and O–H groups in total. The highest BCUT2D eigenvalue weighted by atomic mass is 35.5. The number of likely N-dealkylation sites (N-methyl/N-ethyl adjacent to an activating group) is 1. The summed E-state index contributed by atoms with van der Waals surface area (Å²) in [7, 11) is 1.65. The number of thiazole rings is 1. The van der Waals surface area contributed by atoms with Crippen LogP contribution in [0.25, 0.3) is 10.2 Å². The molecule has 0 aliphatic heterocycles. The van der Waals surface area contributed by atoms with Gasteiger partial charge in [-0.3, -0.25) is 9.69 Å². The Morgan fingerprint density at radius 3 is 2.48 bits per heavy atom. The summed E-state index contributed by atoms with van der Waals surface area (Å²) in [5, 5.41) is 0.747. The number of amides is 1. The minimum atomic E-state index is 0. The summed E-state index contributed by atoms with van der Waals surface area (Å²) < 4.78 is 6.49. The Labute approximate surface area is 199 Å². The van der Waals surface area contributed by atoms with E-state index in [1.165, 1.54) is 4.90 Å². The van der Waals surface area contributed by atoms with Gasteiger partial charge in [-0.2, -0.15) is 0 Å². The maximum absolute atomic E-state index is 13.2. The number of hydrogen-bond donors (Lipinski definition) is 0. The SMILES string of the molecule is CCN(CC)CCN(C(=O)CCSc1ccccc1)c1nc2c(OC)cccc2s1.Cl. The predicted molar refractivity (Wildman–Crippen MR) is 135 cm³/mol. The second-order valence-electron chi connectivity index (χ2n) is 6.79. The first-order valence-electron chi connectivity index (χ1n) is 10.3. The molecule has 2 aromatic carbocycles. The zero-order chi connectivity index (χ0) is 21.3. The Morgan fingerprint density at radius 2 is 1.81 bits per heavy atom. The lowest BCUT2D eigenvalue weighted by Crippen LogP contribution is -2.39. The Kier molecular flexibility index (Phi) is 10.6. The standard InChI is InChI=1S/C23H29N3O2S2.ClH/c1-4-25(5-2)15-16-26(21(27)14-17-29-18-10-7-6-8-11-18)23-24-22-19(28-3)12-9-13-20(22)30-23;/h6-13H,4-5,14-17H2,1-3H3;1H. The normalized spacial score (nSPS) is 10.8. The zero-order valence-electron chi connectivity index (χ0n) is 18.2. The number of rotatable bonds is 11. The van der Waals surface area contributed by atoms with Crippen LogP contribution in [0, 0.1) is 0 Å². The minimum Gasteiger partial charge on any atom is -0.494 e. The number of hydrogen-bond acceptors (Lipinski definition) is 6. The van der Waals surface area contributed by atoms with Crippen LogP contribution < -0.4 is 9.64 Å². The summed E-state index contributed by atoms with van der Waals surface area (Å²) >= 11 is 3.26. The number of para-hydroxylation sites is 1. The molecule has 0 atom stereocenters. The first kappa shape index (κ1) is 25.5. The Morgan fingerprint density at radius 1 is 1.06 bits per heavy atom. The van der Waals surface area contributed by atoms with Gasteiger partial charge in [0.25, 0.3) is 0 Å². The molecule has 5 nitrogen and oxygen atoms in total. The van der Waals surface area contributed by atoms with Crippen LogP contribution in [0.4, 0.5) is 5.13 Å². The van der Waals surface area contributed by atoms with Crippen LogP contribution in [0.15, 0.2) is 53.4 Å². The predicted octanol–water partition coefficient (Wildman–Crippen LogP) is 5.58. The van der Waals surface area contributed by atoms with Gasteiger partial charge in [0.15, 0.2) is 5.13 Å². The number of nitrogens with zero attached hydrogens (tertiary/aromatic N) is 3. The second-order valence-corrected chi connectivity index (χ2v) is 8.96. The lowest BCUT2D eigenvalue weighted by molar-refractivity contribution is -0.118. The van der Waals surface area contributed by atoms with Crippen molar-refractivity contribution in [3.05, 3.63) is 48.5 Å². The van der Waals surface area contributed by atoms with Gasteiger partial charge in [-0.15, -0.1) is 24.2 Å². The molecule has 3 aromatic rings. The molecule has 0 aliphatic carbocycles. The number of benzene rings is 2. The highest BCUT2D eigenvalue weighted by Crippen LogP contribution is 2.34. The number of thioether (sulfide) groups is 1. The fraction of sp³-hybridized carbons (Fsp3) is 0.391. The number of aromatic nitrogens is 1. The van der Waals surface area contributed by atoms with E-state index in [0.717, 1.165) is 46.5 Å². The Bertz CT molecular complexity index is 948. The van der Waals surface area contributed by atoms with Gasteiger partial charge in [0, 0.05) is 30.2 Å². The van der Waals surface area contributed by atoms with E-state index in [4.69, 9.17) is 9.72 Å². The molecule has 3 rings (SSSR count). The second kappa shape index (κ2) is 12.9. The van der Waals surface area contributed by atoms with E-state index in [9.17, 15) is 4.79 Å². The number of anilines is 1. The average molecular weight is 480 g/mol. The van der Waals surface area contributed by atoms with Gasteiger partial charge in [0.05, 0.1) is 11.8 Å². The van der Waals surface area contributed by atoms with E-state index in [1.807, 2.05) is 41.3 Å². The maximum Gasteiger partial charge on any atom is 0.229 e. The van der Waals surface area contributed by atoms with Gasteiger partial charge in [-0.1, -0.05) is 49.4 Å². The number of fused-ring (bicyclic) bond motifs is 1. The third-order valence-corrected chi connectivity index (χ3v) is 7.04. The van der Waals surface area contributed by atoms with Crippen molar-refractivity contribution in [1.29, 1.82) is 0 Å². The number of carbonyl (C=O) groups excluding carboxylic acids is 1. The molecule has 1 aromatic heterocycles. The Hall–Kier alpha value is -1.80. The highest BCUT2D eigenvalue weighted by molar-refractivity contribution is 7.99. The van der Waals surface area contributed by atoms with Gasteiger partial charge in [-0.25, -0.2) is 4.98 Å². The monoisotopic (exact) mass is 479 g/mol. The molecule has 0 bridgehead atoms. The average Bonchev–Trinajstić information content (AvgIpc) is 3.21. The first-order valence-corrected chi connectivity index (χ1v) is 12.1. The number of ether oxygens (including phenoxy) is 1. The van der Waals surface area contributed by atoms with E-state index in [0.29, 0.717) is 13.0 Å². The molecule has 168 valence electrons. The summed E-state index contributed by atoms with van der Waals surface area (Å²) in [6, 6.07) is 16.1. The number of carbonyl (C=O) groups is 1. The fourth-order valence-corrected chi connectivity index (χ4v) is 5.10. The van der Waals surface area contributed by atoms with Crippen molar-refractivity contribution < 1.29 is 9.53 Å². The molecule has 0 aliphatic rings. The van der Waals surface area contributed by atoms with E-state index in [-0.39, 0.29) is 18.3 Å². The van der Waals surface area contributed by atoms with Crippen molar-refractivity contribution >= 4 is 56.8 Å². The smallest absolute Gasteiger partial charge is 0.229 e. The van der Waals surface area contributed by atoms with Gasteiger partial charge in [0.2, 0.25) is 5.91 Å². The maximum atomic E-state index is 13.2. The number of halogens is 1. The molecule has 0 radical (unpaired) electrons. The number of methoxy groups -OCH3 is 1. The van der Waals surface area contributed by atoms with Crippen LogP contribution >= 0.6 is 35.5 Å². The summed E-state index contributed by atoms with van der Waals surface area (Å²) in [4.78, 5) is 23.3. The molecule has 1 amide bonds. The molecule has 0 saturated carbocycles. The minimum absolute atomic E-state index is 0. The van der Waals surface area contributed by atoms with Crippen molar-refractivity contribution in [2.24, 2.45) is 0 Å². The lowest BCUT2D eigenvalue weighted by atomic mass is 10.3. The summed E-state index contributed by atoms with van der Waals surface area (Å²) in [5.41, 5.74) is 0.819. The van der Waals surface area contributed by atoms with Crippen LogP contribution in [-0.2, 0) is 4.79 Å². The Balaban J connectivity index is 0.00000341. The van der Waals surface area contributed by atoms with Gasteiger partial charge in [0.1, 0.15) is 11.3 Å². The fourth-order valence-electron chi connectivity index (χ4n) is 3.21. The third kappa shape index (κ3) is 6.84. The summed E-state index contributed by atoms with van der Waals surface area (Å²) in [5.74, 6) is 1.60. The lowest BCUT2D eigenvalue weighted by Gasteiger charge is -2.24. The molecule has 8 heteroatoms. The molecule has 0 unspecified atom stereocenters. The molecule has 0 saturated heterocycles. The molecule has 0 spiro atoms. The molecule has 31 heavy (non-hydrogen) atoms. The van der Waals surface area contributed by atoms with Crippen molar-refractivity contribution in [2.75, 3.05) is 43.9 Å². The van der Waals surface area contributed by atoms with Crippen molar-refractivity contribution in [1.82, 2.24) is 9.88 Å². The quantitative estimate of drug-likeness (QED) is 0.336. The van der Waals surface area contributed by atoms with Crippen molar-refractivity contribution in [3.8, 4) is 5.75 Å². The van der Waals surface area contributed by atoms with E-state index in [1.54, 1.807) is 30.2 Å². The van der Waals surface area contributed by atoms with Crippen LogP contribution in [0.1, 0.15) is 20.3 Å². The van der Waals surface area contributed by atoms with Crippen LogP contribution in [0.3, 0.4) is 0 Å². The topological polar surface area (TPSA) is 45.7 Å². The first-order chi connectivity index (χ1) is 14.7. The molecular weight excluding hydrogens is 450 g/mol. The van der Waals surface area contributed by atoms with Gasteiger partial charge in [-0.05, 0) is 37.4 Å². The van der Waals surface area contributed by atoms with Crippen LogP contribution in [-0.4, -0.2) is 54.8 Å². The summed E-state index contributed by atoms with van der Waals surface area (Å²) in [6.07, 6.45) is 0.477. The largest absolute Gasteiger partial charge is 0.494 e.